The van der Waals surface area contributed by atoms with Crippen molar-refractivity contribution in [2.24, 2.45) is 0 Å². The van der Waals surface area contributed by atoms with Crippen LogP contribution in [-0.2, 0) is 4.79 Å². The summed E-state index contributed by atoms with van der Waals surface area (Å²) in [5.74, 6) is 1.25. The van der Waals surface area contributed by atoms with Crippen molar-refractivity contribution in [2.75, 3.05) is 11.1 Å². The molecule has 0 spiro atoms. The fourth-order valence-electron chi connectivity index (χ4n) is 1.59. The molecule has 4 nitrogen and oxygen atoms in total. The van der Waals surface area contributed by atoms with Crippen LogP contribution in [0.4, 0.5) is 5.95 Å². The molecule has 1 saturated heterocycles. The lowest BCUT2D eigenvalue weighted by Crippen LogP contribution is -2.35. The molecule has 1 aliphatic rings. The number of nitrogens with one attached hydrogen (secondary N) is 1. The predicted molar refractivity (Wildman–Crippen MR) is 65.8 cm³/mol. The van der Waals surface area contributed by atoms with Crippen LogP contribution in [0.2, 0.25) is 5.15 Å². The van der Waals surface area contributed by atoms with Crippen molar-refractivity contribution in [2.45, 2.75) is 24.5 Å². The Hall–Kier alpha value is -0.810. The van der Waals surface area contributed by atoms with Gasteiger partial charge >= 0.3 is 0 Å². The van der Waals surface area contributed by atoms with E-state index in [0.717, 1.165) is 18.6 Å². The molecule has 0 saturated carbocycles. The lowest BCUT2D eigenvalue weighted by atomic mass is 10.1. The standard InChI is InChI=1S/C10H12ClN3OS/c1-10(4-2-6-16-10)8(15)14-9-12-5-3-7(11)13-9/h3,5H,2,4,6H2,1H3,(H,12,13,14,15). The second-order valence-electron chi connectivity index (χ2n) is 3.84. The molecule has 1 fully saturated rings. The van der Waals surface area contributed by atoms with Crippen molar-refractivity contribution >= 4 is 35.2 Å². The highest BCUT2D eigenvalue weighted by Crippen LogP contribution is 2.38. The van der Waals surface area contributed by atoms with Crippen LogP contribution in [-0.4, -0.2) is 26.4 Å². The number of amides is 1. The lowest BCUT2D eigenvalue weighted by Gasteiger charge is -2.20. The largest absolute Gasteiger partial charge is 0.293 e. The number of halogens is 1. The van der Waals surface area contributed by atoms with E-state index in [1.165, 1.54) is 6.20 Å². The van der Waals surface area contributed by atoms with Gasteiger partial charge in [-0.05, 0) is 31.6 Å². The predicted octanol–water partition coefficient (Wildman–Crippen LogP) is 2.35. The Bertz CT molecular complexity index is 407. The van der Waals surface area contributed by atoms with Gasteiger partial charge in [-0.3, -0.25) is 10.1 Å². The molecule has 1 aliphatic heterocycles. The van der Waals surface area contributed by atoms with Gasteiger partial charge in [0.05, 0.1) is 4.75 Å². The molecule has 0 radical (unpaired) electrons. The Balaban J connectivity index is 2.07. The minimum Gasteiger partial charge on any atom is -0.293 e. The Morgan fingerprint density at radius 3 is 3.12 bits per heavy atom. The average Bonchev–Trinajstić information content (AvgIpc) is 2.66. The maximum Gasteiger partial charge on any atom is 0.242 e. The number of hydrogen-bond donors (Lipinski definition) is 1. The van der Waals surface area contributed by atoms with Gasteiger partial charge in [0.25, 0.3) is 0 Å². The summed E-state index contributed by atoms with van der Waals surface area (Å²) >= 11 is 7.39. The van der Waals surface area contributed by atoms with Crippen LogP contribution < -0.4 is 5.32 Å². The Morgan fingerprint density at radius 1 is 1.69 bits per heavy atom. The van der Waals surface area contributed by atoms with Crippen LogP contribution in [0.3, 0.4) is 0 Å². The highest BCUT2D eigenvalue weighted by atomic mass is 35.5. The van der Waals surface area contributed by atoms with Gasteiger partial charge in [0.1, 0.15) is 5.15 Å². The van der Waals surface area contributed by atoms with Gasteiger partial charge in [-0.2, -0.15) is 0 Å². The summed E-state index contributed by atoms with van der Waals surface area (Å²) < 4.78 is -0.355. The van der Waals surface area contributed by atoms with Gasteiger partial charge in [-0.1, -0.05) is 11.6 Å². The molecular weight excluding hydrogens is 246 g/mol. The highest BCUT2D eigenvalue weighted by molar-refractivity contribution is 8.01. The van der Waals surface area contributed by atoms with Gasteiger partial charge < -0.3 is 0 Å². The maximum atomic E-state index is 12.0. The van der Waals surface area contributed by atoms with E-state index in [4.69, 9.17) is 11.6 Å². The van der Waals surface area contributed by atoms with Gasteiger partial charge in [-0.25, -0.2) is 9.97 Å². The van der Waals surface area contributed by atoms with E-state index in [1.807, 2.05) is 6.92 Å². The van der Waals surface area contributed by atoms with E-state index >= 15 is 0 Å². The Morgan fingerprint density at radius 2 is 2.50 bits per heavy atom. The summed E-state index contributed by atoms with van der Waals surface area (Å²) in [6.45, 7) is 1.95. The molecule has 1 unspecified atom stereocenters. The molecule has 2 heterocycles. The summed E-state index contributed by atoms with van der Waals surface area (Å²) in [7, 11) is 0. The van der Waals surface area contributed by atoms with E-state index in [9.17, 15) is 4.79 Å². The van der Waals surface area contributed by atoms with E-state index in [0.29, 0.717) is 5.15 Å². The van der Waals surface area contributed by atoms with Crippen LogP contribution in [0.1, 0.15) is 19.8 Å². The maximum absolute atomic E-state index is 12.0. The van der Waals surface area contributed by atoms with Crippen molar-refractivity contribution in [1.29, 1.82) is 0 Å². The molecule has 1 atom stereocenters. The quantitative estimate of drug-likeness (QED) is 0.827. The van der Waals surface area contributed by atoms with E-state index in [2.05, 4.69) is 15.3 Å². The first kappa shape index (κ1) is 11.7. The molecule has 2 rings (SSSR count). The number of carbonyl (C=O) groups is 1. The first-order valence-corrected chi connectivity index (χ1v) is 6.40. The van der Waals surface area contributed by atoms with Crippen molar-refractivity contribution in [3.05, 3.63) is 17.4 Å². The second kappa shape index (κ2) is 4.59. The van der Waals surface area contributed by atoms with Gasteiger partial charge in [-0.15, -0.1) is 11.8 Å². The highest BCUT2D eigenvalue weighted by Gasteiger charge is 2.37. The zero-order chi connectivity index (χ0) is 11.6. The summed E-state index contributed by atoms with van der Waals surface area (Å²) in [6, 6.07) is 1.57. The fourth-order valence-corrected chi connectivity index (χ4v) is 2.94. The molecule has 16 heavy (non-hydrogen) atoms. The number of nitrogens with zero attached hydrogens (tertiary/aromatic N) is 2. The third-order valence-corrected chi connectivity index (χ3v) is 4.28. The topological polar surface area (TPSA) is 54.9 Å². The molecule has 1 N–H and O–H groups in total. The number of hydrogen-bond acceptors (Lipinski definition) is 4. The molecule has 0 aromatic carbocycles. The summed E-state index contributed by atoms with van der Waals surface area (Å²) in [5.41, 5.74) is 0. The van der Waals surface area contributed by atoms with Gasteiger partial charge in [0.2, 0.25) is 11.9 Å². The second-order valence-corrected chi connectivity index (χ2v) is 5.83. The van der Waals surface area contributed by atoms with Gasteiger partial charge in [0, 0.05) is 6.20 Å². The SMILES string of the molecule is CC1(C(=O)Nc2nccc(Cl)n2)CCCS1. The molecule has 1 amide bonds. The van der Waals surface area contributed by atoms with Crippen LogP contribution in [0.15, 0.2) is 12.3 Å². The smallest absolute Gasteiger partial charge is 0.242 e. The zero-order valence-electron chi connectivity index (χ0n) is 8.86. The summed E-state index contributed by atoms with van der Waals surface area (Å²) in [5, 5.41) is 3.03. The Labute approximate surface area is 103 Å². The number of aromatic nitrogens is 2. The molecule has 1 aromatic rings. The first-order valence-electron chi connectivity index (χ1n) is 5.04. The van der Waals surface area contributed by atoms with Crippen molar-refractivity contribution < 1.29 is 4.79 Å². The monoisotopic (exact) mass is 257 g/mol. The number of thioether (sulfide) groups is 1. The molecule has 6 heteroatoms. The zero-order valence-corrected chi connectivity index (χ0v) is 10.4. The van der Waals surface area contributed by atoms with Crippen LogP contribution in [0.5, 0.6) is 0 Å². The third-order valence-electron chi connectivity index (χ3n) is 2.55. The average molecular weight is 258 g/mol. The van der Waals surface area contributed by atoms with Crippen LogP contribution in [0, 0.1) is 0 Å². The van der Waals surface area contributed by atoms with E-state index < -0.39 is 0 Å². The van der Waals surface area contributed by atoms with Crippen molar-refractivity contribution in [3.63, 3.8) is 0 Å². The van der Waals surface area contributed by atoms with E-state index in [-0.39, 0.29) is 16.6 Å². The van der Waals surface area contributed by atoms with Crippen molar-refractivity contribution in [3.8, 4) is 0 Å². The molecule has 1 aromatic heterocycles. The van der Waals surface area contributed by atoms with E-state index in [1.54, 1.807) is 17.8 Å². The first-order chi connectivity index (χ1) is 7.60. The summed E-state index contributed by atoms with van der Waals surface area (Å²) in [6.07, 6.45) is 3.49. The number of anilines is 1. The summed E-state index contributed by atoms with van der Waals surface area (Å²) in [4.78, 5) is 19.9. The number of rotatable bonds is 2. The molecule has 86 valence electrons. The minimum absolute atomic E-state index is 0.0442. The third kappa shape index (κ3) is 2.47. The normalized spacial score (nSPS) is 24.4. The van der Waals surface area contributed by atoms with Crippen molar-refractivity contribution in [1.82, 2.24) is 9.97 Å². The molecular formula is C10H12ClN3OS. The van der Waals surface area contributed by atoms with Crippen LogP contribution in [0.25, 0.3) is 0 Å². The van der Waals surface area contributed by atoms with Gasteiger partial charge in [0.15, 0.2) is 0 Å². The minimum atomic E-state index is -0.355. The van der Waals surface area contributed by atoms with Crippen LogP contribution >= 0.6 is 23.4 Å². The molecule has 0 aliphatic carbocycles. The number of carbonyl (C=O) groups excluding carboxylic acids is 1. The fraction of sp³-hybridized carbons (Fsp3) is 0.500. The Kier molecular flexibility index (Phi) is 3.35. The molecule has 0 bridgehead atoms. The lowest BCUT2D eigenvalue weighted by molar-refractivity contribution is -0.118.